The van der Waals surface area contributed by atoms with Crippen LogP contribution in [-0.4, -0.2) is 47.1 Å². The molecule has 0 aliphatic carbocycles. The van der Waals surface area contributed by atoms with Gasteiger partial charge in [-0.15, -0.1) is 0 Å². The van der Waals surface area contributed by atoms with Gasteiger partial charge in [-0.2, -0.15) is 5.10 Å². The Morgan fingerprint density at radius 2 is 2.18 bits per heavy atom. The molecule has 1 aliphatic heterocycles. The largest absolute Gasteiger partial charge is 0.321 e. The smallest absolute Gasteiger partial charge is 0.153 e. The third-order valence-electron chi connectivity index (χ3n) is 4.75. The molecule has 0 spiro atoms. The third kappa shape index (κ3) is 3.05. The topological polar surface area (TPSA) is 75.0 Å². The quantitative estimate of drug-likeness (QED) is 0.900. The number of nitrogens with one attached hydrogen (secondary N) is 1. The zero-order chi connectivity index (χ0) is 15.7. The first-order chi connectivity index (χ1) is 10.5. The highest BCUT2D eigenvalue weighted by Gasteiger charge is 2.27. The number of likely N-dealkylation sites (tertiary alicyclic amines) is 1. The van der Waals surface area contributed by atoms with Crippen LogP contribution < -0.4 is 5.73 Å². The van der Waals surface area contributed by atoms with Crippen molar-refractivity contribution in [3.8, 4) is 0 Å². The van der Waals surface area contributed by atoms with Crippen LogP contribution in [-0.2, 0) is 11.2 Å². The van der Waals surface area contributed by atoms with Crippen LogP contribution in [0.5, 0.6) is 0 Å². The lowest BCUT2D eigenvalue weighted by Gasteiger charge is -2.29. The lowest BCUT2D eigenvalue weighted by molar-refractivity contribution is -0.125. The maximum atomic E-state index is 12.5. The van der Waals surface area contributed by atoms with Gasteiger partial charge in [0, 0.05) is 11.3 Å². The molecular formula is C17H24N4O. The first-order valence-electron chi connectivity index (χ1n) is 7.95. The van der Waals surface area contributed by atoms with Gasteiger partial charge < -0.3 is 10.6 Å². The monoisotopic (exact) mass is 300 g/mol. The Labute approximate surface area is 130 Å². The molecule has 118 valence electrons. The van der Waals surface area contributed by atoms with Gasteiger partial charge in [-0.1, -0.05) is 6.07 Å². The molecule has 0 bridgehead atoms. The second-order valence-electron chi connectivity index (χ2n) is 6.54. The van der Waals surface area contributed by atoms with Crippen LogP contribution in [0, 0.1) is 12.8 Å². The number of hydrogen-bond acceptors (Lipinski definition) is 4. The van der Waals surface area contributed by atoms with Gasteiger partial charge in [0.05, 0.1) is 17.8 Å². The fraction of sp³-hybridized carbons (Fsp3) is 0.529. The number of Topliss-reactive ketones (excluding diaryl/α,β-unsaturated/α-hetero) is 1. The summed E-state index contributed by atoms with van der Waals surface area (Å²) >= 11 is 0. The van der Waals surface area contributed by atoms with E-state index in [9.17, 15) is 4.79 Å². The predicted octanol–water partition coefficient (Wildman–Crippen LogP) is 1.65. The number of carbonyl (C=O) groups is 1. The molecule has 1 aliphatic rings. The summed E-state index contributed by atoms with van der Waals surface area (Å²) in [4.78, 5) is 14.8. The number of aryl methyl sites for hydroxylation is 1. The summed E-state index contributed by atoms with van der Waals surface area (Å²) in [5, 5.41) is 8.14. The van der Waals surface area contributed by atoms with Crippen molar-refractivity contribution in [3.05, 3.63) is 29.5 Å². The molecule has 1 saturated heterocycles. The van der Waals surface area contributed by atoms with Crippen LogP contribution in [0.3, 0.4) is 0 Å². The molecule has 3 N–H and O–H groups in total. The number of nitrogens with zero attached hydrogens (tertiary/aromatic N) is 2. The van der Waals surface area contributed by atoms with E-state index < -0.39 is 6.04 Å². The van der Waals surface area contributed by atoms with Gasteiger partial charge in [-0.3, -0.25) is 9.89 Å². The standard InChI is InChI=1S/C17H24N4O/c1-11-7-12(8-14-10-19-20-16(11)14)9-15(18)17(22)13-3-5-21(2)6-4-13/h7-8,10,13,15H,3-6,9,18H2,1-2H3,(H,19,20). The van der Waals surface area contributed by atoms with Crippen LogP contribution in [0.4, 0.5) is 0 Å². The number of aromatic amines is 1. The minimum Gasteiger partial charge on any atom is -0.321 e. The molecule has 1 fully saturated rings. The second kappa shape index (κ2) is 6.18. The average Bonchev–Trinajstić information content (AvgIpc) is 2.96. The van der Waals surface area contributed by atoms with Gasteiger partial charge in [0.25, 0.3) is 0 Å². The van der Waals surface area contributed by atoms with Gasteiger partial charge in [0.1, 0.15) is 0 Å². The minimum atomic E-state index is -0.405. The van der Waals surface area contributed by atoms with Crippen LogP contribution in [0.25, 0.3) is 10.9 Å². The highest BCUT2D eigenvalue weighted by molar-refractivity contribution is 5.87. The number of aromatic nitrogens is 2. The number of piperidine rings is 1. The van der Waals surface area contributed by atoms with Crippen molar-refractivity contribution in [2.75, 3.05) is 20.1 Å². The van der Waals surface area contributed by atoms with Crippen molar-refractivity contribution in [2.45, 2.75) is 32.2 Å². The SMILES string of the molecule is Cc1cc(CC(N)C(=O)C2CCN(C)CC2)cc2cn[nH]c12. The highest BCUT2D eigenvalue weighted by atomic mass is 16.1. The molecule has 1 aromatic carbocycles. The molecule has 5 nitrogen and oxygen atoms in total. The summed E-state index contributed by atoms with van der Waals surface area (Å²) in [6.45, 7) is 4.03. The highest BCUT2D eigenvalue weighted by Crippen LogP contribution is 2.22. The van der Waals surface area contributed by atoms with E-state index in [1.54, 1.807) is 0 Å². The summed E-state index contributed by atoms with van der Waals surface area (Å²) in [5.74, 6) is 0.350. The number of fused-ring (bicyclic) bond motifs is 1. The first kappa shape index (κ1) is 15.2. The molecule has 1 atom stereocenters. The van der Waals surface area contributed by atoms with E-state index in [0.717, 1.165) is 48.0 Å². The molecular weight excluding hydrogens is 276 g/mol. The zero-order valence-electron chi connectivity index (χ0n) is 13.3. The van der Waals surface area contributed by atoms with Crippen LogP contribution in [0.1, 0.15) is 24.0 Å². The number of rotatable bonds is 4. The van der Waals surface area contributed by atoms with Crippen molar-refractivity contribution in [2.24, 2.45) is 11.7 Å². The number of H-pyrrole nitrogens is 1. The molecule has 2 aromatic rings. The molecule has 22 heavy (non-hydrogen) atoms. The third-order valence-corrected chi connectivity index (χ3v) is 4.75. The van der Waals surface area contributed by atoms with Crippen molar-refractivity contribution in [1.82, 2.24) is 15.1 Å². The van der Waals surface area contributed by atoms with E-state index in [0.29, 0.717) is 6.42 Å². The molecule has 0 amide bonds. The molecule has 0 radical (unpaired) electrons. The van der Waals surface area contributed by atoms with Crippen LogP contribution >= 0.6 is 0 Å². The fourth-order valence-electron chi connectivity index (χ4n) is 3.38. The molecule has 1 unspecified atom stereocenters. The average molecular weight is 300 g/mol. The van der Waals surface area contributed by atoms with Gasteiger partial charge in [-0.25, -0.2) is 0 Å². The number of nitrogens with two attached hydrogens (primary N) is 1. The minimum absolute atomic E-state index is 0.130. The lowest BCUT2D eigenvalue weighted by Crippen LogP contribution is -2.42. The lowest BCUT2D eigenvalue weighted by atomic mass is 9.87. The molecule has 2 heterocycles. The number of hydrogen-bond donors (Lipinski definition) is 2. The Bertz CT molecular complexity index is 670. The number of carbonyl (C=O) groups excluding carboxylic acids is 1. The maximum Gasteiger partial charge on any atom is 0.153 e. The Morgan fingerprint density at radius 1 is 1.45 bits per heavy atom. The summed E-state index contributed by atoms with van der Waals surface area (Å²) in [5.41, 5.74) is 9.51. The molecule has 1 aromatic heterocycles. The summed E-state index contributed by atoms with van der Waals surface area (Å²) in [7, 11) is 2.10. The summed E-state index contributed by atoms with van der Waals surface area (Å²) < 4.78 is 0. The van der Waals surface area contributed by atoms with Crippen molar-refractivity contribution >= 4 is 16.7 Å². The number of benzene rings is 1. The molecule has 3 rings (SSSR count). The van der Waals surface area contributed by atoms with E-state index in [2.05, 4.69) is 34.3 Å². The predicted molar refractivity (Wildman–Crippen MR) is 87.7 cm³/mol. The van der Waals surface area contributed by atoms with E-state index in [1.807, 2.05) is 13.1 Å². The van der Waals surface area contributed by atoms with E-state index >= 15 is 0 Å². The zero-order valence-corrected chi connectivity index (χ0v) is 13.3. The van der Waals surface area contributed by atoms with E-state index in [-0.39, 0.29) is 11.7 Å². The second-order valence-corrected chi connectivity index (χ2v) is 6.54. The van der Waals surface area contributed by atoms with Crippen LogP contribution in [0.15, 0.2) is 18.3 Å². The summed E-state index contributed by atoms with van der Waals surface area (Å²) in [6.07, 6.45) is 4.29. The van der Waals surface area contributed by atoms with E-state index in [1.165, 1.54) is 0 Å². The molecule has 5 heteroatoms. The Balaban J connectivity index is 1.69. The van der Waals surface area contributed by atoms with Crippen molar-refractivity contribution in [3.63, 3.8) is 0 Å². The van der Waals surface area contributed by atoms with Gasteiger partial charge >= 0.3 is 0 Å². The van der Waals surface area contributed by atoms with Crippen molar-refractivity contribution < 1.29 is 4.79 Å². The Hall–Kier alpha value is -1.72. The first-order valence-corrected chi connectivity index (χ1v) is 7.95. The molecule has 0 saturated carbocycles. The van der Waals surface area contributed by atoms with Gasteiger partial charge in [0.2, 0.25) is 0 Å². The summed E-state index contributed by atoms with van der Waals surface area (Å²) in [6, 6.07) is 3.77. The van der Waals surface area contributed by atoms with Gasteiger partial charge in [-0.05, 0) is 63.5 Å². The van der Waals surface area contributed by atoms with Crippen LogP contribution in [0.2, 0.25) is 0 Å². The maximum absolute atomic E-state index is 12.5. The Kier molecular flexibility index (Phi) is 4.27. The normalized spacial score (nSPS) is 18.7. The Morgan fingerprint density at radius 3 is 2.91 bits per heavy atom. The van der Waals surface area contributed by atoms with E-state index in [4.69, 9.17) is 5.73 Å². The van der Waals surface area contributed by atoms with Gasteiger partial charge in [0.15, 0.2) is 5.78 Å². The number of ketones is 1. The van der Waals surface area contributed by atoms with Crippen molar-refractivity contribution in [1.29, 1.82) is 0 Å². The fourth-order valence-corrected chi connectivity index (χ4v) is 3.38.